The van der Waals surface area contributed by atoms with Crippen LogP contribution in [0.4, 0.5) is 17.1 Å². The van der Waals surface area contributed by atoms with Crippen LogP contribution in [-0.2, 0) is 5.41 Å². The van der Waals surface area contributed by atoms with Crippen molar-refractivity contribution in [2.24, 2.45) is 0 Å². The largest absolute Gasteiger partial charge is 0.456 e. The van der Waals surface area contributed by atoms with Crippen molar-refractivity contribution in [3.05, 3.63) is 211 Å². The number of nitrogens with zero attached hydrogens (tertiary/aromatic N) is 1. The van der Waals surface area contributed by atoms with Crippen LogP contribution in [0.3, 0.4) is 0 Å². The van der Waals surface area contributed by atoms with Gasteiger partial charge in [-0.1, -0.05) is 166 Å². The summed E-state index contributed by atoms with van der Waals surface area (Å²) in [6.45, 7) is 4.71. The Balaban J connectivity index is 1.07. The smallest absolute Gasteiger partial charge is 0.136 e. The van der Waals surface area contributed by atoms with Crippen molar-refractivity contribution < 1.29 is 4.42 Å². The Kier molecular flexibility index (Phi) is 7.31. The molecule has 278 valence electrons. The minimum absolute atomic E-state index is 0.136. The number of hydrogen-bond donors (Lipinski definition) is 0. The van der Waals surface area contributed by atoms with Gasteiger partial charge in [0.25, 0.3) is 0 Å². The molecule has 1 aliphatic rings. The summed E-state index contributed by atoms with van der Waals surface area (Å²) in [5.41, 5.74) is 15.0. The van der Waals surface area contributed by atoms with E-state index in [4.69, 9.17) is 4.42 Å². The lowest BCUT2D eigenvalue weighted by molar-refractivity contribution is 0.660. The van der Waals surface area contributed by atoms with Gasteiger partial charge in [-0.25, -0.2) is 0 Å². The average molecular weight is 754 g/mol. The maximum Gasteiger partial charge on any atom is 0.136 e. The summed E-state index contributed by atoms with van der Waals surface area (Å²) >= 11 is 0. The molecule has 0 atom stereocenters. The Morgan fingerprint density at radius 1 is 0.390 bits per heavy atom. The van der Waals surface area contributed by atoms with E-state index in [0.717, 1.165) is 50.1 Å². The molecule has 0 bridgehead atoms. The van der Waals surface area contributed by atoms with E-state index in [9.17, 15) is 0 Å². The summed E-state index contributed by atoms with van der Waals surface area (Å²) in [4.78, 5) is 2.49. The van der Waals surface area contributed by atoms with Crippen LogP contribution >= 0.6 is 0 Å². The van der Waals surface area contributed by atoms with Crippen LogP contribution in [0, 0.1) is 0 Å². The summed E-state index contributed by atoms with van der Waals surface area (Å²) in [6.07, 6.45) is 0. The van der Waals surface area contributed by atoms with E-state index in [2.05, 4.69) is 219 Å². The highest BCUT2D eigenvalue weighted by Crippen LogP contribution is 2.55. The molecule has 12 rings (SSSR count). The lowest BCUT2D eigenvalue weighted by Crippen LogP contribution is -2.16. The molecule has 11 aromatic rings. The van der Waals surface area contributed by atoms with Crippen LogP contribution in [0.25, 0.3) is 87.6 Å². The second-order valence-electron chi connectivity index (χ2n) is 16.5. The maximum atomic E-state index is 6.60. The number of anilines is 3. The molecule has 2 nitrogen and oxygen atoms in total. The zero-order valence-corrected chi connectivity index (χ0v) is 32.9. The summed E-state index contributed by atoms with van der Waals surface area (Å²) in [6, 6.07) is 73.3. The molecule has 1 heterocycles. The van der Waals surface area contributed by atoms with Gasteiger partial charge in [-0.2, -0.15) is 0 Å². The highest BCUT2D eigenvalue weighted by molar-refractivity contribution is 6.17. The van der Waals surface area contributed by atoms with E-state index in [1.807, 2.05) is 0 Å². The molecular weight excluding hydrogens is 715 g/mol. The molecule has 0 saturated heterocycles. The Bertz CT molecular complexity index is 3480. The minimum Gasteiger partial charge on any atom is -0.456 e. The second kappa shape index (κ2) is 12.8. The van der Waals surface area contributed by atoms with Crippen molar-refractivity contribution in [2.45, 2.75) is 19.3 Å². The summed E-state index contributed by atoms with van der Waals surface area (Å²) in [5, 5.41) is 9.71. The molecule has 0 fully saturated rings. The molecule has 0 radical (unpaired) electrons. The Morgan fingerprint density at radius 3 is 1.88 bits per heavy atom. The van der Waals surface area contributed by atoms with Gasteiger partial charge in [0.15, 0.2) is 0 Å². The van der Waals surface area contributed by atoms with Crippen molar-refractivity contribution in [3.8, 4) is 33.4 Å². The number of furan rings is 1. The maximum absolute atomic E-state index is 6.60. The van der Waals surface area contributed by atoms with Gasteiger partial charge in [-0.3, -0.25) is 0 Å². The van der Waals surface area contributed by atoms with Crippen molar-refractivity contribution in [1.29, 1.82) is 0 Å². The monoisotopic (exact) mass is 753 g/mol. The number of para-hydroxylation sites is 1. The fraction of sp³-hybridized carbons (Fsp3) is 0.0526. The summed E-state index contributed by atoms with van der Waals surface area (Å²) in [7, 11) is 0. The van der Waals surface area contributed by atoms with E-state index >= 15 is 0 Å². The van der Waals surface area contributed by atoms with E-state index in [1.165, 1.54) is 65.7 Å². The highest BCUT2D eigenvalue weighted by atomic mass is 16.3. The van der Waals surface area contributed by atoms with Crippen LogP contribution in [0.5, 0.6) is 0 Å². The van der Waals surface area contributed by atoms with Crippen LogP contribution in [0.2, 0.25) is 0 Å². The number of fused-ring (bicyclic) bond motifs is 10. The van der Waals surface area contributed by atoms with Crippen LogP contribution in [0.1, 0.15) is 25.0 Å². The standard InChI is InChI=1S/C57H39NO/c1-57(2)49-20-9-7-18-47(49)56-50(57)21-12-23-52(56)58(42-30-27-36(28-31-42)40-29-32-44-41(33-40)26-25-37-13-5-6-16-43(37)44)51-22-10-8-17-45(51)46-19-11-24-53-55(46)48-34-38-14-3-4-15-39(38)35-54(48)59-53/h3-35H,1-2H3. The number of rotatable bonds is 5. The zero-order valence-electron chi connectivity index (χ0n) is 32.9. The van der Waals surface area contributed by atoms with Gasteiger partial charge in [0.05, 0.1) is 11.4 Å². The molecule has 0 unspecified atom stereocenters. The molecule has 59 heavy (non-hydrogen) atoms. The van der Waals surface area contributed by atoms with Gasteiger partial charge < -0.3 is 9.32 Å². The van der Waals surface area contributed by atoms with Gasteiger partial charge in [-0.15, -0.1) is 0 Å². The van der Waals surface area contributed by atoms with E-state index < -0.39 is 0 Å². The van der Waals surface area contributed by atoms with E-state index in [0.29, 0.717) is 0 Å². The van der Waals surface area contributed by atoms with Gasteiger partial charge in [0.1, 0.15) is 11.2 Å². The Hall–Kier alpha value is -7.42. The first kappa shape index (κ1) is 33.7. The van der Waals surface area contributed by atoms with Crippen molar-refractivity contribution in [2.75, 3.05) is 4.90 Å². The summed E-state index contributed by atoms with van der Waals surface area (Å²) < 4.78 is 6.60. The van der Waals surface area contributed by atoms with Crippen molar-refractivity contribution in [3.63, 3.8) is 0 Å². The van der Waals surface area contributed by atoms with Crippen molar-refractivity contribution in [1.82, 2.24) is 0 Å². The summed E-state index contributed by atoms with van der Waals surface area (Å²) in [5.74, 6) is 0. The van der Waals surface area contributed by atoms with E-state index in [1.54, 1.807) is 0 Å². The van der Waals surface area contributed by atoms with Gasteiger partial charge >= 0.3 is 0 Å². The predicted molar refractivity (Wildman–Crippen MR) is 249 cm³/mol. The van der Waals surface area contributed by atoms with Crippen molar-refractivity contribution >= 4 is 71.3 Å². The molecule has 2 heteroatoms. The minimum atomic E-state index is -0.136. The lowest BCUT2D eigenvalue weighted by atomic mass is 9.82. The molecule has 0 spiro atoms. The first-order chi connectivity index (χ1) is 29.0. The normalized spacial score (nSPS) is 13.1. The molecule has 0 saturated carbocycles. The van der Waals surface area contributed by atoms with Gasteiger partial charge in [0.2, 0.25) is 0 Å². The quantitative estimate of drug-likeness (QED) is 0.163. The van der Waals surface area contributed by atoms with Crippen LogP contribution in [-0.4, -0.2) is 0 Å². The molecule has 0 amide bonds. The number of benzene rings is 10. The molecule has 10 aromatic carbocycles. The average Bonchev–Trinajstić information content (AvgIpc) is 3.77. The fourth-order valence-corrected chi connectivity index (χ4v) is 9.96. The topological polar surface area (TPSA) is 16.4 Å². The van der Waals surface area contributed by atoms with Gasteiger partial charge in [0, 0.05) is 33.0 Å². The lowest BCUT2D eigenvalue weighted by Gasteiger charge is -2.30. The molecule has 0 aliphatic heterocycles. The third kappa shape index (κ3) is 5.13. The predicted octanol–water partition coefficient (Wildman–Crippen LogP) is 16.2. The molecule has 1 aromatic heterocycles. The first-order valence-electron chi connectivity index (χ1n) is 20.5. The highest BCUT2D eigenvalue weighted by Gasteiger charge is 2.38. The molecule has 1 aliphatic carbocycles. The SMILES string of the molecule is CC1(C)c2ccccc2-c2c(N(c3ccc(-c4ccc5c(ccc6ccccc65)c4)cc3)c3ccccc3-c3cccc4oc5cc6ccccc6cc5c34)cccc21. The fourth-order valence-electron chi connectivity index (χ4n) is 9.96. The Labute approximate surface area is 343 Å². The van der Waals surface area contributed by atoms with Crippen LogP contribution < -0.4 is 4.90 Å². The Morgan fingerprint density at radius 2 is 1.02 bits per heavy atom. The third-order valence-corrected chi connectivity index (χ3v) is 12.8. The molecular formula is C57H39NO. The van der Waals surface area contributed by atoms with Gasteiger partial charge in [-0.05, 0) is 114 Å². The second-order valence-corrected chi connectivity index (χ2v) is 16.5. The molecule has 0 N–H and O–H groups in total. The van der Waals surface area contributed by atoms with E-state index in [-0.39, 0.29) is 5.41 Å². The zero-order chi connectivity index (χ0) is 39.2. The van der Waals surface area contributed by atoms with Crippen LogP contribution in [0.15, 0.2) is 205 Å². The number of hydrogen-bond acceptors (Lipinski definition) is 2. The third-order valence-electron chi connectivity index (χ3n) is 12.8. The first-order valence-corrected chi connectivity index (χ1v) is 20.5.